The molecule has 1 heterocycles. The second-order valence-corrected chi connectivity index (χ2v) is 4.39. The van der Waals surface area contributed by atoms with Crippen LogP contribution in [0.15, 0.2) is 11.3 Å². The van der Waals surface area contributed by atoms with E-state index in [2.05, 4.69) is 10.1 Å². The van der Waals surface area contributed by atoms with E-state index in [4.69, 9.17) is 0 Å². The maximum Gasteiger partial charge on any atom is 0.337 e. The number of amides is 2. The number of rotatable bonds is 3. The van der Waals surface area contributed by atoms with Crippen LogP contribution in [0.25, 0.3) is 0 Å². The molecule has 6 heteroatoms. The zero-order valence-electron chi connectivity index (χ0n) is 11.3. The first-order valence-corrected chi connectivity index (χ1v) is 5.67. The Balaban J connectivity index is 3.30. The summed E-state index contributed by atoms with van der Waals surface area (Å²) in [5, 5.41) is 2.52. The van der Waals surface area contributed by atoms with Crippen LogP contribution in [-0.4, -0.2) is 43.4 Å². The summed E-state index contributed by atoms with van der Waals surface area (Å²) in [4.78, 5) is 37.5. The number of hydrogen-bond acceptors (Lipinski definition) is 4. The van der Waals surface area contributed by atoms with E-state index in [9.17, 15) is 14.4 Å². The smallest absolute Gasteiger partial charge is 0.337 e. The van der Waals surface area contributed by atoms with Gasteiger partial charge in [-0.05, 0) is 20.8 Å². The van der Waals surface area contributed by atoms with Gasteiger partial charge in [-0.25, -0.2) is 4.79 Å². The standard InChI is InChI=1S/C12H18N2O4/c1-6-14(4)11(17)12(3)8(9(15)18-5)7(2)13-10(12)16/h6H2,1-5H3,(H,13,16). The Labute approximate surface area is 106 Å². The summed E-state index contributed by atoms with van der Waals surface area (Å²) in [5.74, 6) is -1.57. The van der Waals surface area contributed by atoms with Crippen LogP contribution in [0.4, 0.5) is 0 Å². The van der Waals surface area contributed by atoms with Gasteiger partial charge in [-0.2, -0.15) is 0 Å². The van der Waals surface area contributed by atoms with E-state index in [-0.39, 0.29) is 5.57 Å². The average molecular weight is 254 g/mol. The Bertz CT molecular complexity index is 441. The van der Waals surface area contributed by atoms with Gasteiger partial charge in [0.1, 0.15) is 0 Å². The van der Waals surface area contributed by atoms with Gasteiger partial charge in [0.25, 0.3) is 0 Å². The molecule has 6 nitrogen and oxygen atoms in total. The van der Waals surface area contributed by atoms with Crippen LogP contribution in [0.2, 0.25) is 0 Å². The molecule has 100 valence electrons. The molecule has 0 fully saturated rings. The largest absolute Gasteiger partial charge is 0.466 e. The third-order valence-electron chi connectivity index (χ3n) is 3.27. The molecule has 1 N–H and O–H groups in total. The highest BCUT2D eigenvalue weighted by molar-refractivity contribution is 6.17. The van der Waals surface area contributed by atoms with E-state index in [0.717, 1.165) is 0 Å². The van der Waals surface area contributed by atoms with E-state index >= 15 is 0 Å². The number of allylic oxidation sites excluding steroid dienone is 1. The third-order valence-corrected chi connectivity index (χ3v) is 3.27. The summed E-state index contributed by atoms with van der Waals surface area (Å²) in [5.41, 5.74) is -1.06. The molecule has 0 spiro atoms. The number of ether oxygens (including phenoxy) is 1. The Morgan fingerprint density at radius 2 is 2.00 bits per heavy atom. The number of esters is 1. The topological polar surface area (TPSA) is 75.7 Å². The third kappa shape index (κ3) is 1.87. The normalized spacial score (nSPS) is 22.8. The minimum absolute atomic E-state index is 0.0836. The number of nitrogens with zero attached hydrogens (tertiary/aromatic N) is 1. The van der Waals surface area contributed by atoms with E-state index in [1.807, 2.05) is 0 Å². The number of carbonyl (C=O) groups excluding carboxylic acids is 3. The molecule has 1 atom stereocenters. The van der Waals surface area contributed by atoms with Crippen LogP contribution in [0.1, 0.15) is 20.8 Å². The van der Waals surface area contributed by atoms with Crippen molar-refractivity contribution in [3.8, 4) is 0 Å². The number of hydrogen-bond donors (Lipinski definition) is 1. The molecule has 0 saturated heterocycles. The molecule has 0 radical (unpaired) electrons. The first-order chi connectivity index (χ1) is 8.30. The molecule has 0 saturated carbocycles. The molecule has 0 aromatic carbocycles. The van der Waals surface area contributed by atoms with Crippen molar-refractivity contribution in [1.82, 2.24) is 10.2 Å². The molecule has 2 amide bonds. The lowest BCUT2D eigenvalue weighted by Gasteiger charge is -2.27. The maximum absolute atomic E-state index is 12.3. The van der Waals surface area contributed by atoms with Crippen molar-refractivity contribution >= 4 is 17.8 Å². The minimum Gasteiger partial charge on any atom is -0.466 e. The fourth-order valence-corrected chi connectivity index (χ4v) is 2.03. The average Bonchev–Trinajstić information content (AvgIpc) is 2.58. The van der Waals surface area contributed by atoms with Gasteiger partial charge >= 0.3 is 5.97 Å². The maximum atomic E-state index is 12.3. The summed E-state index contributed by atoms with van der Waals surface area (Å²) >= 11 is 0. The zero-order chi connectivity index (χ0) is 14.1. The van der Waals surface area contributed by atoms with Gasteiger partial charge in [-0.15, -0.1) is 0 Å². The second kappa shape index (κ2) is 4.80. The number of carbonyl (C=O) groups is 3. The molecule has 1 rings (SSSR count). The monoisotopic (exact) mass is 254 g/mol. The lowest BCUT2D eigenvalue weighted by Crippen LogP contribution is -2.47. The first kappa shape index (κ1) is 14.2. The van der Waals surface area contributed by atoms with Crippen molar-refractivity contribution in [2.45, 2.75) is 20.8 Å². The Hall–Kier alpha value is -1.85. The molecule has 0 aromatic heterocycles. The molecule has 1 aliphatic heterocycles. The Kier molecular flexibility index (Phi) is 3.79. The summed E-state index contributed by atoms with van der Waals surface area (Å²) in [7, 11) is 2.81. The highest BCUT2D eigenvalue weighted by atomic mass is 16.5. The predicted molar refractivity (Wildman–Crippen MR) is 64.3 cm³/mol. The molecular weight excluding hydrogens is 236 g/mol. The van der Waals surface area contributed by atoms with Gasteiger partial charge in [0.05, 0.1) is 12.7 Å². The molecule has 1 unspecified atom stereocenters. The van der Waals surface area contributed by atoms with Gasteiger partial charge in [0, 0.05) is 19.3 Å². The second-order valence-electron chi connectivity index (χ2n) is 4.39. The summed E-state index contributed by atoms with van der Waals surface area (Å²) in [6.07, 6.45) is 0. The molecule has 18 heavy (non-hydrogen) atoms. The fraction of sp³-hybridized carbons (Fsp3) is 0.583. The first-order valence-electron chi connectivity index (χ1n) is 5.67. The van der Waals surface area contributed by atoms with Crippen molar-refractivity contribution in [2.75, 3.05) is 20.7 Å². The minimum atomic E-state index is -1.51. The van der Waals surface area contributed by atoms with E-state index in [1.165, 1.54) is 18.9 Å². The number of methoxy groups -OCH3 is 1. The zero-order valence-corrected chi connectivity index (χ0v) is 11.3. The highest BCUT2D eigenvalue weighted by Gasteiger charge is 2.54. The lowest BCUT2D eigenvalue weighted by atomic mass is 9.81. The highest BCUT2D eigenvalue weighted by Crippen LogP contribution is 2.36. The van der Waals surface area contributed by atoms with Crippen LogP contribution < -0.4 is 5.32 Å². The molecule has 0 aliphatic carbocycles. The van der Waals surface area contributed by atoms with Crippen LogP contribution in [0.3, 0.4) is 0 Å². The molecule has 0 bridgehead atoms. The van der Waals surface area contributed by atoms with Crippen LogP contribution in [0.5, 0.6) is 0 Å². The summed E-state index contributed by atoms with van der Waals surface area (Å²) < 4.78 is 4.65. The predicted octanol–water partition coefficient (Wildman–Crippen LogP) is 0.0478. The quantitative estimate of drug-likeness (QED) is 0.570. The molecule has 0 aromatic rings. The SMILES string of the molecule is CCN(C)C(=O)C1(C)C(=O)NC(C)=C1C(=O)OC. The van der Waals surface area contributed by atoms with Gasteiger partial charge < -0.3 is 15.0 Å². The number of nitrogens with one attached hydrogen (secondary N) is 1. The van der Waals surface area contributed by atoms with Crippen molar-refractivity contribution < 1.29 is 19.1 Å². The van der Waals surface area contributed by atoms with Gasteiger partial charge in [-0.3, -0.25) is 9.59 Å². The van der Waals surface area contributed by atoms with E-state index in [0.29, 0.717) is 12.2 Å². The van der Waals surface area contributed by atoms with Gasteiger partial charge in [-0.1, -0.05) is 0 Å². The molecular formula is C12H18N2O4. The van der Waals surface area contributed by atoms with Crippen LogP contribution >= 0.6 is 0 Å². The van der Waals surface area contributed by atoms with Crippen molar-refractivity contribution in [2.24, 2.45) is 5.41 Å². The van der Waals surface area contributed by atoms with Crippen molar-refractivity contribution in [1.29, 1.82) is 0 Å². The summed E-state index contributed by atoms with van der Waals surface area (Å²) in [6.45, 7) is 5.27. The van der Waals surface area contributed by atoms with Crippen molar-refractivity contribution in [3.05, 3.63) is 11.3 Å². The lowest BCUT2D eigenvalue weighted by molar-refractivity contribution is -0.149. The van der Waals surface area contributed by atoms with E-state index < -0.39 is 23.2 Å². The van der Waals surface area contributed by atoms with Crippen LogP contribution in [-0.2, 0) is 19.1 Å². The van der Waals surface area contributed by atoms with Gasteiger partial charge in [0.15, 0.2) is 5.41 Å². The Morgan fingerprint density at radius 1 is 1.44 bits per heavy atom. The molecule has 1 aliphatic rings. The van der Waals surface area contributed by atoms with E-state index in [1.54, 1.807) is 20.9 Å². The van der Waals surface area contributed by atoms with Gasteiger partial charge in [0.2, 0.25) is 11.8 Å². The fourth-order valence-electron chi connectivity index (χ4n) is 2.03. The van der Waals surface area contributed by atoms with Crippen LogP contribution in [0, 0.1) is 5.41 Å². The summed E-state index contributed by atoms with van der Waals surface area (Å²) in [6, 6.07) is 0. The Morgan fingerprint density at radius 3 is 2.44 bits per heavy atom. The van der Waals surface area contributed by atoms with Crippen molar-refractivity contribution in [3.63, 3.8) is 0 Å².